The molecule has 1 aliphatic heterocycles. The first kappa shape index (κ1) is 11.5. The maximum absolute atomic E-state index is 13.5. The van der Waals surface area contributed by atoms with E-state index in [0.717, 1.165) is 12.2 Å². The highest BCUT2D eigenvalue weighted by atomic mass is 19.3. The number of rotatable bonds is 2. The summed E-state index contributed by atoms with van der Waals surface area (Å²) in [7, 11) is 1.88. The van der Waals surface area contributed by atoms with Crippen molar-refractivity contribution in [3.63, 3.8) is 0 Å². The molecule has 0 bridgehead atoms. The highest BCUT2D eigenvalue weighted by Gasteiger charge is 2.41. The second-order valence-corrected chi connectivity index (χ2v) is 4.66. The average Bonchev–Trinajstić information content (AvgIpc) is 2.58. The van der Waals surface area contributed by atoms with E-state index in [2.05, 4.69) is 4.98 Å². The zero-order chi connectivity index (χ0) is 11.8. The molecule has 1 aromatic rings. The number of aromatic nitrogens is 2. The third-order valence-electron chi connectivity index (χ3n) is 3.34. The topological polar surface area (TPSA) is 21.1 Å². The Morgan fingerprint density at radius 1 is 1.56 bits per heavy atom. The van der Waals surface area contributed by atoms with Gasteiger partial charge in [0.1, 0.15) is 0 Å². The summed E-state index contributed by atoms with van der Waals surface area (Å²) in [5, 5.41) is 0. The van der Waals surface area contributed by atoms with Gasteiger partial charge < -0.3 is 4.57 Å². The SMILES string of the molecule is C[C@@H]1CCN(Cc2cncn2C)CC1(F)F. The van der Waals surface area contributed by atoms with Crippen LogP contribution in [0.5, 0.6) is 0 Å². The summed E-state index contributed by atoms with van der Waals surface area (Å²) in [4.78, 5) is 5.79. The Morgan fingerprint density at radius 2 is 2.31 bits per heavy atom. The van der Waals surface area contributed by atoms with Crippen LogP contribution in [-0.2, 0) is 13.6 Å². The van der Waals surface area contributed by atoms with E-state index in [1.54, 1.807) is 24.3 Å². The van der Waals surface area contributed by atoms with Crippen LogP contribution in [-0.4, -0.2) is 33.5 Å². The number of alkyl halides is 2. The fraction of sp³-hybridized carbons (Fsp3) is 0.727. The molecule has 1 aliphatic rings. The molecule has 1 saturated heterocycles. The molecule has 3 nitrogen and oxygen atoms in total. The number of imidazole rings is 1. The molecule has 2 heterocycles. The molecule has 0 unspecified atom stereocenters. The van der Waals surface area contributed by atoms with Crippen molar-refractivity contribution in [3.05, 3.63) is 18.2 Å². The molecule has 0 N–H and O–H groups in total. The number of hydrogen-bond donors (Lipinski definition) is 0. The monoisotopic (exact) mass is 229 g/mol. The van der Waals surface area contributed by atoms with Crippen molar-refractivity contribution in [2.45, 2.75) is 25.8 Å². The second-order valence-electron chi connectivity index (χ2n) is 4.66. The molecular weight excluding hydrogens is 212 g/mol. The van der Waals surface area contributed by atoms with E-state index < -0.39 is 11.8 Å². The summed E-state index contributed by atoms with van der Waals surface area (Å²) in [5.41, 5.74) is 0.977. The first-order valence-electron chi connectivity index (χ1n) is 5.54. The lowest BCUT2D eigenvalue weighted by atomic mass is 9.95. The predicted octanol–water partition coefficient (Wildman–Crippen LogP) is 1.90. The van der Waals surface area contributed by atoms with Gasteiger partial charge in [0.2, 0.25) is 0 Å². The zero-order valence-corrected chi connectivity index (χ0v) is 9.66. The van der Waals surface area contributed by atoms with Gasteiger partial charge in [-0.3, -0.25) is 4.90 Å². The van der Waals surface area contributed by atoms with E-state index in [9.17, 15) is 8.78 Å². The fourth-order valence-corrected chi connectivity index (χ4v) is 2.02. The van der Waals surface area contributed by atoms with Crippen LogP contribution in [0.3, 0.4) is 0 Å². The van der Waals surface area contributed by atoms with Gasteiger partial charge in [-0.1, -0.05) is 6.92 Å². The van der Waals surface area contributed by atoms with Crippen LogP contribution in [0.1, 0.15) is 19.0 Å². The Labute approximate surface area is 94.1 Å². The standard InChI is InChI=1S/C11H17F2N3/c1-9-3-4-16(7-11(9,12)13)6-10-5-14-8-15(10)2/h5,8-9H,3-4,6-7H2,1-2H3/t9-/m1/s1. The van der Waals surface area contributed by atoms with Crippen molar-refractivity contribution in [1.29, 1.82) is 0 Å². The number of likely N-dealkylation sites (tertiary alicyclic amines) is 1. The van der Waals surface area contributed by atoms with E-state index in [-0.39, 0.29) is 6.54 Å². The lowest BCUT2D eigenvalue weighted by Crippen LogP contribution is -2.47. The van der Waals surface area contributed by atoms with Gasteiger partial charge >= 0.3 is 0 Å². The third-order valence-corrected chi connectivity index (χ3v) is 3.34. The lowest BCUT2D eigenvalue weighted by molar-refractivity contribution is -0.106. The lowest BCUT2D eigenvalue weighted by Gasteiger charge is -2.36. The Hall–Kier alpha value is -0.970. The molecule has 16 heavy (non-hydrogen) atoms. The Balaban J connectivity index is 2.00. The van der Waals surface area contributed by atoms with Gasteiger partial charge in [0.25, 0.3) is 5.92 Å². The van der Waals surface area contributed by atoms with Gasteiger partial charge in [-0.25, -0.2) is 13.8 Å². The minimum absolute atomic E-state index is 0.140. The minimum atomic E-state index is -2.56. The number of halogens is 2. The Kier molecular flexibility index (Phi) is 2.97. The first-order chi connectivity index (χ1) is 7.49. The zero-order valence-electron chi connectivity index (χ0n) is 9.66. The number of hydrogen-bond acceptors (Lipinski definition) is 2. The van der Waals surface area contributed by atoms with Crippen molar-refractivity contribution in [1.82, 2.24) is 14.5 Å². The Morgan fingerprint density at radius 3 is 2.88 bits per heavy atom. The van der Waals surface area contributed by atoms with Crippen LogP contribution in [0, 0.1) is 5.92 Å². The number of piperidine rings is 1. The van der Waals surface area contributed by atoms with Crippen molar-refractivity contribution < 1.29 is 8.78 Å². The molecule has 0 saturated carbocycles. The molecule has 1 fully saturated rings. The summed E-state index contributed by atoms with van der Waals surface area (Å²) in [6.07, 6.45) is 3.99. The van der Waals surface area contributed by atoms with Crippen LogP contribution in [0.15, 0.2) is 12.5 Å². The van der Waals surface area contributed by atoms with Crippen molar-refractivity contribution in [2.75, 3.05) is 13.1 Å². The summed E-state index contributed by atoms with van der Waals surface area (Å²) >= 11 is 0. The minimum Gasteiger partial charge on any atom is -0.337 e. The van der Waals surface area contributed by atoms with Crippen LogP contribution in [0.4, 0.5) is 8.78 Å². The van der Waals surface area contributed by atoms with Crippen LogP contribution < -0.4 is 0 Å². The third kappa shape index (κ3) is 2.24. The first-order valence-corrected chi connectivity index (χ1v) is 5.54. The quantitative estimate of drug-likeness (QED) is 0.772. The highest BCUT2D eigenvalue weighted by Crippen LogP contribution is 2.32. The summed E-state index contributed by atoms with van der Waals surface area (Å²) in [5.74, 6) is -3.06. The fourth-order valence-electron chi connectivity index (χ4n) is 2.02. The normalized spacial score (nSPS) is 25.9. The van der Waals surface area contributed by atoms with Crippen LogP contribution in [0.2, 0.25) is 0 Å². The molecule has 90 valence electrons. The predicted molar refractivity (Wildman–Crippen MR) is 57.2 cm³/mol. The molecule has 1 aromatic heterocycles. The molecule has 2 rings (SSSR count). The van der Waals surface area contributed by atoms with E-state index >= 15 is 0 Å². The van der Waals surface area contributed by atoms with Crippen LogP contribution in [0.25, 0.3) is 0 Å². The van der Waals surface area contributed by atoms with Gasteiger partial charge in [0, 0.05) is 25.7 Å². The van der Waals surface area contributed by atoms with E-state index in [1.807, 2.05) is 11.6 Å². The van der Waals surface area contributed by atoms with E-state index in [0.29, 0.717) is 13.0 Å². The number of nitrogens with zero attached hydrogens (tertiary/aromatic N) is 3. The molecule has 0 amide bonds. The van der Waals surface area contributed by atoms with Gasteiger partial charge in [-0.2, -0.15) is 0 Å². The average molecular weight is 229 g/mol. The smallest absolute Gasteiger partial charge is 0.263 e. The molecule has 5 heteroatoms. The molecular formula is C11H17F2N3. The number of aryl methyl sites for hydroxylation is 1. The molecule has 1 atom stereocenters. The van der Waals surface area contributed by atoms with Crippen LogP contribution >= 0.6 is 0 Å². The second kappa shape index (κ2) is 4.13. The van der Waals surface area contributed by atoms with Crippen molar-refractivity contribution >= 4 is 0 Å². The largest absolute Gasteiger partial charge is 0.337 e. The molecule has 0 aromatic carbocycles. The molecule has 0 spiro atoms. The van der Waals surface area contributed by atoms with Gasteiger partial charge in [0.05, 0.1) is 18.6 Å². The van der Waals surface area contributed by atoms with Crippen molar-refractivity contribution in [3.8, 4) is 0 Å². The van der Waals surface area contributed by atoms with Gasteiger partial charge in [0.15, 0.2) is 0 Å². The molecule has 0 radical (unpaired) electrons. The van der Waals surface area contributed by atoms with E-state index in [4.69, 9.17) is 0 Å². The molecule has 0 aliphatic carbocycles. The van der Waals surface area contributed by atoms with Crippen molar-refractivity contribution in [2.24, 2.45) is 13.0 Å². The maximum Gasteiger partial charge on any atom is 0.263 e. The summed E-state index contributed by atoms with van der Waals surface area (Å²) in [6.45, 7) is 2.78. The highest BCUT2D eigenvalue weighted by molar-refractivity contribution is 4.98. The van der Waals surface area contributed by atoms with E-state index in [1.165, 1.54) is 0 Å². The maximum atomic E-state index is 13.5. The summed E-state index contributed by atoms with van der Waals surface area (Å²) < 4.78 is 28.9. The summed E-state index contributed by atoms with van der Waals surface area (Å²) in [6, 6.07) is 0. The van der Waals surface area contributed by atoms with Gasteiger partial charge in [-0.05, 0) is 13.0 Å². The Bertz CT molecular complexity index is 362. The van der Waals surface area contributed by atoms with Gasteiger partial charge in [-0.15, -0.1) is 0 Å².